The highest BCUT2D eigenvalue weighted by molar-refractivity contribution is 7.15. The summed E-state index contributed by atoms with van der Waals surface area (Å²) >= 11 is 7.07. The van der Waals surface area contributed by atoms with Crippen LogP contribution in [-0.2, 0) is 0 Å². The van der Waals surface area contributed by atoms with Crippen LogP contribution in [0, 0.1) is 24.1 Å². The monoisotopic (exact) mass is 319 g/mol. The van der Waals surface area contributed by atoms with Gasteiger partial charge in [0.15, 0.2) is 11.4 Å². The van der Waals surface area contributed by atoms with Gasteiger partial charge in [-0.3, -0.25) is 0 Å². The molecule has 21 heavy (non-hydrogen) atoms. The Bertz CT molecular complexity index is 864. The Balaban J connectivity index is 2.12. The fourth-order valence-corrected chi connectivity index (χ4v) is 2.97. The van der Waals surface area contributed by atoms with Crippen LogP contribution in [0.2, 0.25) is 5.02 Å². The molecule has 3 rings (SSSR count). The zero-order valence-corrected chi connectivity index (χ0v) is 12.3. The predicted octanol–water partition coefficient (Wildman–Crippen LogP) is 3.57. The summed E-state index contributed by atoms with van der Waals surface area (Å²) in [6.07, 6.45) is 0. The second-order valence-electron chi connectivity index (χ2n) is 4.18. The third-order valence-electron chi connectivity index (χ3n) is 2.84. The number of hydrogen-bond donors (Lipinski definition) is 1. The summed E-state index contributed by atoms with van der Waals surface area (Å²) in [5.74, 6) is -0.441. The van der Waals surface area contributed by atoms with Crippen molar-refractivity contribution in [3.05, 3.63) is 39.6 Å². The summed E-state index contributed by atoms with van der Waals surface area (Å²) in [6.45, 7) is 1.83. The molecule has 0 aliphatic heterocycles. The van der Waals surface area contributed by atoms with E-state index in [0.717, 1.165) is 4.88 Å². The molecule has 5 nitrogen and oxygen atoms in total. The van der Waals surface area contributed by atoms with Gasteiger partial charge in [0.1, 0.15) is 22.6 Å². The molecule has 0 fully saturated rings. The molecule has 0 saturated heterocycles. The van der Waals surface area contributed by atoms with Crippen molar-refractivity contribution in [1.29, 1.82) is 5.26 Å². The van der Waals surface area contributed by atoms with Crippen molar-refractivity contribution >= 4 is 22.9 Å². The lowest BCUT2D eigenvalue weighted by Crippen LogP contribution is -1.87. The van der Waals surface area contributed by atoms with Crippen LogP contribution >= 0.6 is 22.9 Å². The minimum atomic E-state index is -0.441. The van der Waals surface area contributed by atoms with E-state index < -0.39 is 5.82 Å². The molecular weight excluding hydrogens is 313 g/mol. The molecule has 0 spiro atoms. The van der Waals surface area contributed by atoms with Gasteiger partial charge in [-0.2, -0.15) is 15.6 Å². The quantitative estimate of drug-likeness (QED) is 0.783. The van der Waals surface area contributed by atoms with Gasteiger partial charge in [-0.25, -0.2) is 9.37 Å². The van der Waals surface area contributed by atoms with Crippen LogP contribution in [0.1, 0.15) is 10.6 Å². The third kappa shape index (κ3) is 2.39. The van der Waals surface area contributed by atoms with Crippen LogP contribution in [-0.4, -0.2) is 20.4 Å². The Hall–Kier alpha value is -2.30. The van der Waals surface area contributed by atoms with Gasteiger partial charge in [-0.15, -0.1) is 16.4 Å². The molecule has 2 heterocycles. The SMILES string of the molecule is Cc1sc(-c2ccc(Cl)cc2F)nc1-c1n[nH]nc1C#N. The van der Waals surface area contributed by atoms with Gasteiger partial charge in [0.05, 0.1) is 0 Å². The summed E-state index contributed by atoms with van der Waals surface area (Å²) in [5, 5.41) is 19.9. The molecule has 0 unspecified atom stereocenters. The molecule has 0 amide bonds. The number of aromatic amines is 1. The first-order chi connectivity index (χ1) is 10.1. The topological polar surface area (TPSA) is 78.2 Å². The minimum Gasteiger partial charge on any atom is -0.234 e. The van der Waals surface area contributed by atoms with Gasteiger partial charge in [0.2, 0.25) is 0 Å². The fraction of sp³-hybridized carbons (Fsp3) is 0.0769. The Kier molecular flexibility index (Phi) is 3.41. The van der Waals surface area contributed by atoms with E-state index in [-0.39, 0.29) is 5.69 Å². The molecule has 104 valence electrons. The molecule has 0 aliphatic rings. The number of aromatic nitrogens is 4. The average molecular weight is 320 g/mol. The van der Waals surface area contributed by atoms with E-state index in [1.54, 1.807) is 12.1 Å². The summed E-state index contributed by atoms with van der Waals surface area (Å²) in [4.78, 5) is 5.21. The Labute approximate surface area is 128 Å². The predicted molar refractivity (Wildman–Crippen MR) is 77.3 cm³/mol. The van der Waals surface area contributed by atoms with Gasteiger partial charge in [-0.1, -0.05) is 11.6 Å². The molecule has 0 saturated carbocycles. The summed E-state index contributed by atoms with van der Waals surface area (Å²) in [6, 6.07) is 6.36. The van der Waals surface area contributed by atoms with Gasteiger partial charge in [0, 0.05) is 15.5 Å². The summed E-state index contributed by atoms with van der Waals surface area (Å²) < 4.78 is 14.0. The van der Waals surface area contributed by atoms with Crippen LogP contribution in [0.3, 0.4) is 0 Å². The number of halogens is 2. The summed E-state index contributed by atoms with van der Waals surface area (Å²) in [5.41, 5.74) is 1.41. The van der Waals surface area contributed by atoms with Crippen molar-refractivity contribution in [2.75, 3.05) is 0 Å². The van der Waals surface area contributed by atoms with E-state index in [9.17, 15) is 4.39 Å². The molecule has 0 radical (unpaired) electrons. The van der Waals surface area contributed by atoms with Crippen molar-refractivity contribution in [2.45, 2.75) is 6.92 Å². The van der Waals surface area contributed by atoms with Gasteiger partial charge in [-0.05, 0) is 25.1 Å². The highest BCUT2D eigenvalue weighted by atomic mass is 35.5. The molecule has 8 heteroatoms. The normalized spacial score (nSPS) is 10.6. The number of rotatable bonds is 2. The maximum Gasteiger partial charge on any atom is 0.192 e. The Morgan fingerprint density at radius 2 is 2.14 bits per heavy atom. The van der Waals surface area contributed by atoms with Crippen molar-refractivity contribution in [3.63, 3.8) is 0 Å². The first kappa shape index (κ1) is 13.7. The Morgan fingerprint density at radius 3 is 2.86 bits per heavy atom. The lowest BCUT2D eigenvalue weighted by atomic mass is 10.2. The lowest BCUT2D eigenvalue weighted by molar-refractivity contribution is 0.631. The average Bonchev–Trinajstić information content (AvgIpc) is 3.04. The first-order valence-corrected chi connectivity index (χ1v) is 7.03. The van der Waals surface area contributed by atoms with Crippen LogP contribution < -0.4 is 0 Å². The molecule has 2 aromatic heterocycles. The number of benzene rings is 1. The number of nitrogens with one attached hydrogen (secondary N) is 1. The zero-order valence-electron chi connectivity index (χ0n) is 10.7. The number of nitriles is 1. The van der Waals surface area contributed by atoms with Gasteiger partial charge < -0.3 is 0 Å². The maximum atomic E-state index is 14.0. The number of nitrogens with zero attached hydrogens (tertiary/aromatic N) is 4. The van der Waals surface area contributed by atoms with Crippen molar-refractivity contribution in [1.82, 2.24) is 20.4 Å². The lowest BCUT2D eigenvalue weighted by Gasteiger charge is -1.98. The minimum absolute atomic E-state index is 0.159. The van der Waals surface area contributed by atoms with Crippen LogP contribution in [0.25, 0.3) is 22.0 Å². The second kappa shape index (κ2) is 5.24. The molecule has 1 aromatic carbocycles. The first-order valence-electron chi connectivity index (χ1n) is 5.84. The highest BCUT2D eigenvalue weighted by Gasteiger charge is 2.19. The third-order valence-corrected chi connectivity index (χ3v) is 4.08. The van der Waals surface area contributed by atoms with Crippen molar-refractivity contribution < 1.29 is 4.39 Å². The highest BCUT2D eigenvalue weighted by Crippen LogP contribution is 2.34. The second-order valence-corrected chi connectivity index (χ2v) is 5.82. The van der Waals surface area contributed by atoms with Crippen molar-refractivity contribution in [3.8, 4) is 28.0 Å². The van der Waals surface area contributed by atoms with E-state index in [4.69, 9.17) is 16.9 Å². The van der Waals surface area contributed by atoms with Crippen LogP contribution in [0.4, 0.5) is 4.39 Å². The van der Waals surface area contributed by atoms with Gasteiger partial charge in [0.25, 0.3) is 0 Å². The summed E-state index contributed by atoms with van der Waals surface area (Å²) in [7, 11) is 0. The number of H-pyrrole nitrogens is 1. The van der Waals surface area contributed by atoms with E-state index in [1.165, 1.54) is 17.4 Å². The standard InChI is InChI=1S/C13H7ClFN5S/c1-6-11(12-10(5-16)18-20-19-12)17-13(21-6)8-3-2-7(14)4-9(8)15/h2-4H,1H3,(H,18,19,20). The molecule has 1 N–H and O–H groups in total. The van der Waals surface area contributed by atoms with Crippen LogP contribution in [0.15, 0.2) is 18.2 Å². The molecule has 0 atom stereocenters. The largest absolute Gasteiger partial charge is 0.234 e. The molecule has 3 aromatic rings. The Morgan fingerprint density at radius 1 is 1.33 bits per heavy atom. The van der Waals surface area contributed by atoms with E-state index in [1.807, 2.05) is 13.0 Å². The van der Waals surface area contributed by atoms with E-state index >= 15 is 0 Å². The van der Waals surface area contributed by atoms with E-state index in [0.29, 0.717) is 27.0 Å². The fourth-order valence-electron chi connectivity index (χ4n) is 1.87. The number of aryl methyl sites for hydroxylation is 1. The van der Waals surface area contributed by atoms with Crippen molar-refractivity contribution in [2.24, 2.45) is 0 Å². The smallest absolute Gasteiger partial charge is 0.192 e. The van der Waals surface area contributed by atoms with E-state index in [2.05, 4.69) is 20.4 Å². The molecular formula is C13H7ClFN5S. The molecule has 0 aliphatic carbocycles. The van der Waals surface area contributed by atoms with Gasteiger partial charge >= 0.3 is 0 Å². The number of thiazole rings is 1. The zero-order chi connectivity index (χ0) is 15.0. The van der Waals surface area contributed by atoms with Crippen LogP contribution in [0.5, 0.6) is 0 Å². The maximum absolute atomic E-state index is 14.0. The molecule has 0 bridgehead atoms. The number of hydrogen-bond acceptors (Lipinski definition) is 5.